The smallest absolute Gasteiger partial charge is 0.353 e. The number of carbonyl (C=O) groups is 6. The molecule has 520 valence electrons. The minimum atomic E-state index is -4.44. The number of likely N-dealkylation sites (tertiary alicyclic amines) is 1. The summed E-state index contributed by atoms with van der Waals surface area (Å²) in [4.78, 5) is 113. The zero-order valence-electron chi connectivity index (χ0n) is 53.5. The van der Waals surface area contributed by atoms with E-state index in [4.69, 9.17) is 55.0 Å². The van der Waals surface area contributed by atoms with Crippen LogP contribution in [0.15, 0.2) is 12.7 Å². The standard InChI is InChI=1S/C60H106N10O19P2/c1-83-44-90(79,80)88-37-46-33-47(70-43-67-57-58(63)65-42-66-59(57)70)35-53(46)87-45-91(81,82)89-38-48-34-52(75)36-69(48)56(78)22-9-5-3-2-4-8-21-55(77)68-60(39-84-30-23-50(73)18-10-13-26-61,40-85-31-24-51(74)19-11-14-27-62)41-86-32-25-54(76)64-28-15-6-7-17-49(72)20-12-16-29-71/h42-43,46-48,52-53,71,75H,2-41,44-45,61-62H2,1H3,(H,64,76)(H,68,77)(H,79,80)(H,81,82)(H2,63,65,66)/t46-,47-,48+,52-,53+/m1/s1. The van der Waals surface area contributed by atoms with E-state index in [2.05, 4.69) is 25.6 Å². The largest absolute Gasteiger partial charge is 0.396 e. The Morgan fingerprint density at radius 1 is 0.648 bits per heavy atom. The number of carbonyl (C=O) groups excluding carboxylic acids is 6. The number of unbranched alkanes of at least 4 members (excludes halogenated alkanes) is 10. The number of hydrogen-bond acceptors (Lipinski definition) is 23. The van der Waals surface area contributed by atoms with Crippen LogP contribution < -0.4 is 27.8 Å². The molecule has 2 unspecified atom stereocenters. The van der Waals surface area contributed by atoms with Crippen molar-refractivity contribution in [1.29, 1.82) is 0 Å². The molecule has 2 aliphatic rings. The molecule has 12 N–H and O–H groups in total. The Hall–Kier alpha value is -4.29. The van der Waals surface area contributed by atoms with Crippen LogP contribution in [0.5, 0.6) is 0 Å². The number of imidazole rings is 1. The third kappa shape index (κ3) is 32.1. The molecule has 2 fully saturated rings. The molecule has 0 radical (unpaired) electrons. The van der Waals surface area contributed by atoms with Gasteiger partial charge in [0, 0.05) is 96.6 Å². The first kappa shape index (κ1) is 79.1. The number of nitrogens with zero attached hydrogens (tertiary/aromatic N) is 5. The summed E-state index contributed by atoms with van der Waals surface area (Å²) in [5.41, 5.74) is 16.8. The van der Waals surface area contributed by atoms with Crippen LogP contribution in [0.1, 0.15) is 179 Å². The topological polar surface area (TPSA) is 431 Å². The van der Waals surface area contributed by atoms with Gasteiger partial charge in [-0.05, 0) is 96.6 Å². The second-order valence-corrected chi connectivity index (χ2v) is 27.6. The zero-order chi connectivity index (χ0) is 66.3. The fraction of sp³-hybridized carbons (Fsp3) is 0.817. The van der Waals surface area contributed by atoms with Gasteiger partial charge in [0.15, 0.2) is 11.5 Å². The molecule has 1 saturated heterocycles. The molecular weight excluding hydrogens is 1230 g/mol. The lowest BCUT2D eigenvalue weighted by molar-refractivity contribution is -0.133. The fourth-order valence-electron chi connectivity index (χ4n) is 11.0. The van der Waals surface area contributed by atoms with Crippen molar-refractivity contribution in [3.05, 3.63) is 12.7 Å². The van der Waals surface area contributed by atoms with Gasteiger partial charge < -0.3 is 90.0 Å². The molecule has 0 bridgehead atoms. The van der Waals surface area contributed by atoms with Crippen LogP contribution in [0.3, 0.4) is 0 Å². The number of nitrogens with two attached hydrogens (primary N) is 3. The molecule has 4 rings (SSSR count). The lowest BCUT2D eigenvalue weighted by Crippen LogP contribution is -2.58. The van der Waals surface area contributed by atoms with E-state index in [1.165, 1.54) is 18.3 Å². The molecule has 2 aromatic heterocycles. The Balaban J connectivity index is 1.24. The van der Waals surface area contributed by atoms with Crippen LogP contribution in [0.4, 0.5) is 5.82 Å². The van der Waals surface area contributed by atoms with Gasteiger partial charge >= 0.3 is 15.2 Å². The van der Waals surface area contributed by atoms with Crippen LogP contribution >= 0.6 is 15.2 Å². The normalized spacial score (nSPS) is 19.0. The maximum absolute atomic E-state index is 13.8. The molecule has 7 atom stereocenters. The van der Waals surface area contributed by atoms with E-state index in [1.807, 2.05) is 0 Å². The molecule has 1 aliphatic heterocycles. The highest BCUT2D eigenvalue weighted by Gasteiger charge is 2.41. The summed E-state index contributed by atoms with van der Waals surface area (Å²) < 4.78 is 67.7. The van der Waals surface area contributed by atoms with Crippen molar-refractivity contribution in [3.8, 4) is 0 Å². The first-order valence-electron chi connectivity index (χ1n) is 32.5. The summed E-state index contributed by atoms with van der Waals surface area (Å²) >= 11 is 0. The second kappa shape index (κ2) is 44.4. The van der Waals surface area contributed by atoms with Gasteiger partial charge in [0.2, 0.25) is 17.7 Å². The summed E-state index contributed by atoms with van der Waals surface area (Å²) in [6.07, 6.45) is 13.6. The molecular formula is C60H106N10O19P2. The van der Waals surface area contributed by atoms with Gasteiger partial charge in [0.1, 0.15) is 47.4 Å². The van der Waals surface area contributed by atoms with Gasteiger partial charge in [-0.3, -0.25) is 37.9 Å². The number of ether oxygens (including phenoxy) is 5. The number of hydrogen-bond donors (Lipinski definition) is 9. The van der Waals surface area contributed by atoms with Gasteiger partial charge in [-0.1, -0.05) is 32.1 Å². The van der Waals surface area contributed by atoms with E-state index >= 15 is 0 Å². The number of fused-ring (bicyclic) bond motifs is 1. The number of methoxy groups -OCH3 is 1. The minimum absolute atomic E-state index is 0.0222. The summed E-state index contributed by atoms with van der Waals surface area (Å²) in [6.45, 7) is 0.929. The summed E-state index contributed by atoms with van der Waals surface area (Å²) in [5, 5.41) is 25.5. The van der Waals surface area contributed by atoms with Crippen molar-refractivity contribution in [2.24, 2.45) is 17.4 Å². The van der Waals surface area contributed by atoms with Crippen molar-refractivity contribution in [1.82, 2.24) is 35.1 Å². The SMILES string of the molecule is COCP(=O)(O)OC[C@H]1C[C@@H](n2cnc3c(N)ncnc32)C[C@@H]1OCP(=O)(O)OC[C@@H]1C[C@@H](O)CN1C(=O)CCCCCCCCC(=O)NC(COCCC(=O)CCCCN)(COCCC(=O)CCCCN)COCCC(=O)NCCCCCC(=O)CCCCO. The van der Waals surface area contributed by atoms with Crippen LogP contribution in [0, 0.1) is 5.92 Å². The van der Waals surface area contributed by atoms with Crippen LogP contribution in [0.2, 0.25) is 0 Å². The molecule has 3 amide bonds. The van der Waals surface area contributed by atoms with Gasteiger partial charge in [-0.15, -0.1) is 0 Å². The van der Waals surface area contributed by atoms with Crippen molar-refractivity contribution < 1.29 is 90.6 Å². The first-order valence-corrected chi connectivity index (χ1v) is 36.1. The number of ketones is 3. The monoisotopic (exact) mass is 1330 g/mol. The van der Waals surface area contributed by atoms with E-state index < -0.39 is 57.6 Å². The lowest BCUT2D eigenvalue weighted by Gasteiger charge is -2.34. The van der Waals surface area contributed by atoms with Gasteiger partial charge in [0.05, 0.1) is 77.4 Å². The number of rotatable bonds is 55. The quantitative estimate of drug-likeness (QED) is 0.0321. The third-order valence-electron chi connectivity index (χ3n) is 16.0. The number of anilines is 1. The Morgan fingerprint density at radius 3 is 1.82 bits per heavy atom. The Bertz CT molecular complexity index is 2540. The number of nitrogen functional groups attached to an aromatic ring is 1. The Kier molecular flexibility index (Phi) is 38.6. The highest BCUT2D eigenvalue weighted by Crippen LogP contribution is 2.48. The summed E-state index contributed by atoms with van der Waals surface area (Å²) in [7, 11) is -7.28. The number of amides is 3. The van der Waals surface area contributed by atoms with Crippen molar-refractivity contribution in [3.63, 3.8) is 0 Å². The molecule has 2 aromatic rings. The number of aliphatic hydroxyl groups excluding tert-OH is 2. The number of aliphatic hydroxyl groups is 2. The average Bonchev–Trinajstić information content (AvgIpc) is 1.67. The number of aromatic nitrogens is 4. The van der Waals surface area contributed by atoms with Crippen molar-refractivity contribution in [2.75, 3.05) is 111 Å². The van der Waals surface area contributed by atoms with Crippen LogP contribution in [-0.2, 0) is 70.6 Å². The average molecular weight is 1330 g/mol. The highest BCUT2D eigenvalue weighted by atomic mass is 31.2. The summed E-state index contributed by atoms with van der Waals surface area (Å²) in [5.74, 6) is -0.842. The molecule has 3 heterocycles. The second-order valence-electron chi connectivity index (χ2n) is 24.0. The van der Waals surface area contributed by atoms with Crippen molar-refractivity contribution in [2.45, 2.75) is 203 Å². The van der Waals surface area contributed by atoms with Crippen molar-refractivity contribution >= 4 is 67.2 Å². The zero-order valence-corrected chi connectivity index (χ0v) is 55.3. The van der Waals surface area contributed by atoms with E-state index in [-0.39, 0.29) is 151 Å². The molecule has 31 heteroatoms. The van der Waals surface area contributed by atoms with E-state index in [0.717, 1.165) is 38.5 Å². The third-order valence-corrected chi connectivity index (χ3v) is 18.2. The van der Waals surface area contributed by atoms with Gasteiger partial charge in [-0.25, -0.2) is 15.0 Å². The maximum atomic E-state index is 13.8. The molecule has 0 spiro atoms. The van der Waals surface area contributed by atoms with Crippen LogP contribution in [0.25, 0.3) is 11.2 Å². The first-order chi connectivity index (χ1) is 43.7. The molecule has 1 aliphatic carbocycles. The Labute approximate surface area is 535 Å². The number of Topliss-reactive ketones (excluding diaryl/α,β-unsaturated/α-hetero) is 3. The van der Waals surface area contributed by atoms with Crippen LogP contribution in [-0.4, -0.2) is 209 Å². The number of nitrogens with one attached hydrogen (secondary N) is 2. The molecule has 0 aromatic carbocycles. The minimum Gasteiger partial charge on any atom is -0.396 e. The summed E-state index contributed by atoms with van der Waals surface area (Å²) in [6, 6.07) is -0.971. The molecule has 29 nitrogen and oxygen atoms in total. The van der Waals surface area contributed by atoms with Gasteiger partial charge in [0.25, 0.3) is 0 Å². The van der Waals surface area contributed by atoms with Gasteiger partial charge in [-0.2, -0.15) is 0 Å². The van der Waals surface area contributed by atoms with E-state index in [9.17, 15) is 52.8 Å². The van der Waals surface area contributed by atoms with E-state index in [1.54, 1.807) is 10.9 Å². The number of β-amino-alcohol motifs (C(OH)–C–C–N with tert-alkyl or cyclic N) is 1. The van der Waals surface area contributed by atoms with E-state index in [0.29, 0.717) is 127 Å². The Morgan fingerprint density at radius 2 is 1.20 bits per heavy atom. The highest BCUT2D eigenvalue weighted by molar-refractivity contribution is 7.52. The predicted octanol–water partition coefficient (Wildman–Crippen LogP) is 4.67. The lowest BCUT2D eigenvalue weighted by atomic mass is 10.0. The maximum Gasteiger partial charge on any atom is 0.353 e. The molecule has 91 heavy (non-hydrogen) atoms. The molecule has 1 saturated carbocycles. The predicted molar refractivity (Wildman–Crippen MR) is 338 cm³/mol. The fourth-order valence-corrected chi connectivity index (χ4v) is 12.7.